The summed E-state index contributed by atoms with van der Waals surface area (Å²) in [5.74, 6) is 0.368. The predicted molar refractivity (Wildman–Crippen MR) is 80.9 cm³/mol. The Kier molecular flexibility index (Phi) is 6.00. The lowest BCUT2D eigenvalue weighted by atomic mass is 10.1. The van der Waals surface area contributed by atoms with Crippen molar-refractivity contribution in [3.63, 3.8) is 0 Å². The van der Waals surface area contributed by atoms with E-state index >= 15 is 0 Å². The van der Waals surface area contributed by atoms with E-state index in [1.165, 1.54) is 6.26 Å². The van der Waals surface area contributed by atoms with Crippen LogP contribution in [0, 0.1) is 5.92 Å². The summed E-state index contributed by atoms with van der Waals surface area (Å²) >= 11 is 0. The molecule has 0 spiro atoms. The van der Waals surface area contributed by atoms with Crippen LogP contribution in [0.25, 0.3) is 0 Å². The maximum absolute atomic E-state index is 12.0. The second kappa shape index (κ2) is 7.98. The van der Waals surface area contributed by atoms with Gasteiger partial charge in [0.25, 0.3) is 0 Å². The Morgan fingerprint density at radius 2 is 2.14 bits per heavy atom. The number of aliphatic hydroxyl groups is 1. The van der Waals surface area contributed by atoms with Crippen molar-refractivity contribution in [1.29, 1.82) is 0 Å². The van der Waals surface area contributed by atoms with E-state index < -0.39 is 6.10 Å². The van der Waals surface area contributed by atoms with Crippen molar-refractivity contribution in [3.8, 4) is 0 Å². The van der Waals surface area contributed by atoms with Gasteiger partial charge in [0.1, 0.15) is 11.9 Å². The number of carbonyl (C=O) groups excluding carboxylic acids is 2. The minimum Gasteiger partial charge on any atom is -0.467 e. The van der Waals surface area contributed by atoms with Gasteiger partial charge in [0.15, 0.2) is 0 Å². The minimum absolute atomic E-state index is 0.0495. The van der Waals surface area contributed by atoms with Gasteiger partial charge in [-0.15, -0.1) is 0 Å². The standard InChI is InChI=1S/C16H24N2O4/c1-11(18-16(21)12-5-2-3-6-12)9-15(20)17-10-13(19)14-7-4-8-22-14/h4,7-8,11-13,19H,2-3,5-6,9-10H2,1H3,(H,17,20)(H,18,21). The lowest BCUT2D eigenvalue weighted by Crippen LogP contribution is -2.40. The van der Waals surface area contributed by atoms with Crippen molar-refractivity contribution in [2.45, 2.75) is 51.2 Å². The molecule has 1 aromatic heterocycles. The van der Waals surface area contributed by atoms with Crippen LogP contribution in [0.5, 0.6) is 0 Å². The second-order valence-corrected chi connectivity index (χ2v) is 5.93. The summed E-state index contributed by atoms with van der Waals surface area (Å²) in [6, 6.07) is 3.12. The third-order valence-corrected chi connectivity index (χ3v) is 3.97. The van der Waals surface area contributed by atoms with E-state index in [0.29, 0.717) is 5.76 Å². The molecule has 2 rings (SSSR count). The van der Waals surface area contributed by atoms with Gasteiger partial charge in [0.05, 0.1) is 12.8 Å². The van der Waals surface area contributed by atoms with Crippen LogP contribution in [0.4, 0.5) is 0 Å². The number of furan rings is 1. The average Bonchev–Trinajstić information content (AvgIpc) is 3.16. The van der Waals surface area contributed by atoms with Gasteiger partial charge < -0.3 is 20.2 Å². The zero-order valence-corrected chi connectivity index (χ0v) is 12.9. The highest BCUT2D eigenvalue weighted by Crippen LogP contribution is 2.24. The van der Waals surface area contributed by atoms with Crippen LogP contribution in [-0.2, 0) is 9.59 Å². The molecule has 0 aromatic carbocycles. The highest BCUT2D eigenvalue weighted by atomic mass is 16.4. The molecule has 122 valence electrons. The maximum Gasteiger partial charge on any atom is 0.223 e. The Labute approximate surface area is 130 Å². The quantitative estimate of drug-likeness (QED) is 0.712. The first-order valence-electron chi connectivity index (χ1n) is 7.85. The van der Waals surface area contributed by atoms with Crippen LogP contribution in [0.1, 0.15) is 50.9 Å². The lowest BCUT2D eigenvalue weighted by Gasteiger charge is -2.17. The third-order valence-electron chi connectivity index (χ3n) is 3.97. The van der Waals surface area contributed by atoms with Gasteiger partial charge in [-0.25, -0.2) is 0 Å². The molecule has 1 aliphatic carbocycles. The van der Waals surface area contributed by atoms with Crippen LogP contribution in [-0.4, -0.2) is 29.5 Å². The van der Waals surface area contributed by atoms with Crippen molar-refractivity contribution >= 4 is 11.8 Å². The number of aliphatic hydroxyl groups excluding tert-OH is 1. The molecule has 1 fully saturated rings. The molecule has 6 heteroatoms. The van der Waals surface area contributed by atoms with Gasteiger partial charge >= 0.3 is 0 Å². The molecule has 0 radical (unpaired) electrons. The maximum atomic E-state index is 12.0. The fourth-order valence-corrected chi connectivity index (χ4v) is 2.74. The largest absolute Gasteiger partial charge is 0.467 e. The molecule has 0 bridgehead atoms. The summed E-state index contributed by atoms with van der Waals surface area (Å²) in [7, 11) is 0. The molecule has 1 heterocycles. The zero-order valence-electron chi connectivity index (χ0n) is 12.9. The van der Waals surface area contributed by atoms with Gasteiger partial charge in [-0.3, -0.25) is 9.59 Å². The van der Waals surface area contributed by atoms with E-state index in [4.69, 9.17) is 4.42 Å². The molecule has 1 saturated carbocycles. The second-order valence-electron chi connectivity index (χ2n) is 5.93. The van der Waals surface area contributed by atoms with E-state index in [9.17, 15) is 14.7 Å². The first-order valence-corrected chi connectivity index (χ1v) is 7.85. The number of hydrogen-bond donors (Lipinski definition) is 3. The molecular formula is C16H24N2O4. The van der Waals surface area contributed by atoms with Gasteiger partial charge in [-0.2, -0.15) is 0 Å². The van der Waals surface area contributed by atoms with E-state index in [1.54, 1.807) is 12.1 Å². The molecule has 2 amide bonds. The average molecular weight is 308 g/mol. The Morgan fingerprint density at radius 3 is 2.77 bits per heavy atom. The van der Waals surface area contributed by atoms with E-state index in [1.807, 2.05) is 6.92 Å². The van der Waals surface area contributed by atoms with Crippen molar-refractivity contribution in [3.05, 3.63) is 24.2 Å². The molecule has 2 unspecified atom stereocenters. The summed E-state index contributed by atoms with van der Waals surface area (Å²) in [4.78, 5) is 23.8. The SMILES string of the molecule is CC(CC(=O)NCC(O)c1ccco1)NC(=O)C1CCCC1. The number of carbonyl (C=O) groups is 2. The summed E-state index contributed by atoms with van der Waals surface area (Å²) < 4.78 is 5.06. The fourth-order valence-electron chi connectivity index (χ4n) is 2.74. The number of amides is 2. The molecule has 0 aliphatic heterocycles. The summed E-state index contributed by atoms with van der Waals surface area (Å²) in [6.07, 6.45) is 4.92. The Bertz CT molecular complexity index is 480. The highest BCUT2D eigenvalue weighted by molar-refractivity contribution is 5.81. The molecule has 6 nitrogen and oxygen atoms in total. The summed E-state index contributed by atoms with van der Waals surface area (Å²) in [5.41, 5.74) is 0. The monoisotopic (exact) mass is 308 g/mol. The van der Waals surface area contributed by atoms with Gasteiger partial charge in [0, 0.05) is 18.4 Å². The zero-order chi connectivity index (χ0) is 15.9. The van der Waals surface area contributed by atoms with E-state index in [2.05, 4.69) is 10.6 Å². The van der Waals surface area contributed by atoms with Crippen molar-refractivity contribution in [2.24, 2.45) is 5.92 Å². The number of nitrogens with one attached hydrogen (secondary N) is 2. The Hall–Kier alpha value is -1.82. The van der Waals surface area contributed by atoms with E-state index in [-0.39, 0.29) is 36.7 Å². The Balaban J connectivity index is 1.66. The van der Waals surface area contributed by atoms with E-state index in [0.717, 1.165) is 25.7 Å². The first-order chi connectivity index (χ1) is 10.6. The molecule has 0 saturated heterocycles. The molecule has 2 atom stereocenters. The van der Waals surface area contributed by atoms with Crippen LogP contribution in [0.2, 0.25) is 0 Å². The molecule has 1 aromatic rings. The fraction of sp³-hybridized carbons (Fsp3) is 0.625. The Morgan fingerprint density at radius 1 is 1.41 bits per heavy atom. The van der Waals surface area contributed by atoms with Crippen LogP contribution in [0.15, 0.2) is 22.8 Å². The molecule has 3 N–H and O–H groups in total. The van der Waals surface area contributed by atoms with Crippen molar-refractivity contribution in [2.75, 3.05) is 6.54 Å². The number of hydrogen-bond acceptors (Lipinski definition) is 4. The van der Waals surface area contributed by atoms with Crippen molar-refractivity contribution in [1.82, 2.24) is 10.6 Å². The molecule has 22 heavy (non-hydrogen) atoms. The third kappa shape index (κ3) is 4.87. The normalized spacial score (nSPS) is 17.9. The first kappa shape index (κ1) is 16.5. The topological polar surface area (TPSA) is 91.6 Å². The van der Waals surface area contributed by atoms with Crippen LogP contribution >= 0.6 is 0 Å². The van der Waals surface area contributed by atoms with Crippen LogP contribution in [0.3, 0.4) is 0 Å². The predicted octanol–water partition coefficient (Wildman–Crippen LogP) is 1.51. The van der Waals surface area contributed by atoms with Crippen LogP contribution < -0.4 is 10.6 Å². The minimum atomic E-state index is -0.859. The van der Waals surface area contributed by atoms with Crippen molar-refractivity contribution < 1.29 is 19.1 Å². The van der Waals surface area contributed by atoms with Gasteiger partial charge in [-0.05, 0) is 31.9 Å². The van der Waals surface area contributed by atoms with Gasteiger partial charge in [0.2, 0.25) is 11.8 Å². The smallest absolute Gasteiger partial charge is 0.223 e. The number of rotatable bonds is 7. The summed E-state index contributed by atoms with van der Waals surface area (Å²) in [6.45, 7) is 1.91. The van der Waals surface area contributed by atoms with Gasteiger partial charge in [-0.1, -0.05) is 12.8 Å². The lowest BCUT2D eigenvalue weighted by molar-refractivity contribution is -0.126. The highest BCUT2D eigenvalue weighted by Gasteiger charge is 2.24. The molecular weight excluding hydrogens is 284 g/mol. The summed E-state index contributed by atoms with van der Waals surface area (Å²) in [5, 5.41) is 15.3. The molecule has 1 aliphatic rings.